The molecule has 6 heteroatoms. The molecule has 0 aliphatic carbocycles. The number of halogens is 1. The third kappa shape index (κ3) is 2.48. The van der Waals surface area contributed by atoms with E-state index in [2.05, 4.69) is 15.3 Å². The van der Waals surface area contributed by atoms with Crippen LogP contribution in [-0.2, 0) is 6.54 Å². The van der Waals surface area contributed by atoms with Crippen LogP contribution < -0.4 is 10.1 Å². The Kier molecular flexibility index (Phi) is 3.57. The van der Waals surface area contributed by atoms with Gasteiger partial charge < -0.3 is 15.0 Å². The Bertz CT molecular complexity index is 540. The smallest absolute Gasteiger partial charge is 0.258 e. The van der Waals surface area contributed by atoms with E-state index in [1.165, 1.54) is 25.3 Å². The van der Waals surface area contributed by atoms with Gasteiger partial charge in [0.15, 0.2) is 0 Å². The molecular weight excluding hydrogens is 237 g/mol. The van der Waals surface area contributed by atoms with Crippen molar-refractivity contribution in [3.63, 3.8) is 0 Å². The maximum absolute atomic E-state index is 13.6. The second-order valence-electron chi connectivity index (χ2n) is 3.54. The highest BCUT2D eigenvalue weighted by Gasteiger charge is 2.17. The van der Waals surface area contributed by atoms with Crippen LogP contribution in [0.1, 0.15) is 16.2 Å². The van der Waals surface area contributed by atoms with Crippen LogP contribution in [0.2, 0.25) is 0 Å². The lowest BCUT2D eigenvalue weighted by Crippen LogP contribution is -2.25. The number of aromatic nitrogens is 2. The van der Waals surface area contributed by atoms with Crippen LogP contribution in [0.4, 0.5) is 4.39 Å². The van der Waals surface area contributed by atoms with Crippen LogP contribution in [0.3, 0.4) is 0 Å². The number of hydrogen-bond acceptors (Lipinski definition) is 3. The van der Waals surface area contributed by atoms with E-state index in [-0.39, 0.29) is 17.9 Å². The quantitative estimate of drug-likeness (QED) is 0.862. The van der Waals surface area contributed by atoms with E-state index in [1.54, 1.807) is 12.4 Å². The number of hydrogen-bond donors (Lipinski definition) is 2. The third-order valence-corrected chi connectivity index (χ3v) is 2.39. The van der Waals surface area contributed by atoms with Gasteiger partial charge >= 0.3 is 0 Å². The number of imidazole rings is 1. The van der Waals surface area contributed by atoms with Crippen molar-refractivity contribution in [2.24, 2.45) is 0 Å². The van der Waals surface area contributed by atoms with Gasteiger partial charge in [0.2, 0.25) is 0 Å². The second-order valence-corrected chi connectivity index (χ2v) is 3.54. The van der Waals surface area contributed by atoms with Crippen LogP contribution >= 0.6 is 0 Å². The summed E-state index contributed by atoms with van der Waals surface area (Å²) in [7, 11) is 1.39. The van der Waals surface area contributed by atoms with Crippen molar-refractivity contribution >= 4 is 5.91 Å². The minimum absolute atomic E-state index is 0.105. The van der Waals surface area contributed by atoms with Crippen LogP contribution in [-0.4, -0.2) is 23.0 Å². The van der Waals surface area contributed by atoms with E-state index in [0.717, 1.165) is 0 Å². The summed E-state index contributed by atoms with van der Waals surface area (Å²) in [5, 5.41) is 2.56. The van der Waals surface area contributed by atoms with Crippen molar-refractivity contribution in [3.05, 3.63) is 47.8 Å². The van der Waals surface area contributed by atoms with Gasteiger partial charge in [0.1, 0.15) is 23.0 Å². The highest BCUT2D eigenvalue weighted by molar-refractivity contribution is 5.97. The zero-order chi connectivity index (χ0) is 13.0. The highest BCUT2D eigenvalue weighted by atomic mass is 19.1. The number of nitrogens with zero attached hydrogens (tertiary/aromatic N) is 1. The van der Waals surface area contributed by atoms with E-state index < -0.39 is 11.7 Å². The van der Waals surface area contributed by atoms with Crippen molar-refractivity contribution in [2.75, 3.05) is 7.11 Å². The van der Waals surface area contributed by atoms with Gasteiger partial charge in [0.25, 0.3) is 5.91 Å². The number of nitrogens with one attached hydrogen (secondary N) is 2. The molecule has 0 unspecified atom stereocenters. The second kappa shape index (κ2) is 5.31. The maximum Gasteiger partial charge on any atom is 0.258 e. The van der Waals surface area contributed by atoms with Gasteiger partial charge in [-0.2, -0.15) is 0 Å². The number of carbonyl (C=O) groups excluding carboxylic acids is 1. The molecular formula is C12H12FN3O2. The monoisotopic (exact) mass is 249 g/mol. The Morgan fingerprint density at radius 1 is 1.56 bits per heavy atom. The van der Waals surface area contributed by atoms with E-state index >= 15 is 0 Å². The highest BCUT2D eigenvalue weighted by Crippen LogP contribution is 2.20. The molecule has 2 N–H and O–H groups in total. The van der Waals surface area contributed by atoms with Gasteiger partial charge in [-0.1, -0.05) is 6.07 Å². The first-order valence-electron chi connectivity index (χ1n) is 5.31. The van der Waals surface area contributed by atoms with E-state index in [0.29, 0.717) is 5.82 Å². The molecule has 0 saturated heterocycles. The molecule has 0 fully saturated rings. The molecule has 1 heterocycles. The van der Waals surface area contributed by atoms with Crippen molar-refractivity contribution < 1.29 is 13.9 Å². The fraction of sp³-hybridized carbons (Fsp3) is 0.167. The molecule has 5 nitrogen and oxygen atoms in total. The Balaban J connectivity index is 2.13. The average molecular weight is 249 g/mol. The molecule has 0 aliphatic rings. The van der Waals surface area contributed by atoms with Crippen molar-refractivity contribution in [1.82, 2.24) is 15.3 Å². The molecule has 0 spiro atoms. The normalized spacial score (nSPS) is 10.1. The summed E-state index contributed by atoms with van der Waals surface area (Å²) in [6.07, 6.45) is 3.22. The molecule has 0 radical (unpaired) electrons. The van der Waals surface area contributed by atoms with Crippen molar-refractivity contribution in [1.29, 1.82) is 0 Å². The number of methoxy groups -OCH3 is 1. The number of benzene rings is 1. The summed E-state index contributed by atoms with van der Waals surface area (Å²) < 4.78 is 18.5. The zero-order valence-electron chi connectivity index (χ0n) is 9.74. The predicted octanol–water partition coefficient (Wildman–Crippen LogP) is 1.49. The van der Waals surface area contributed by atoms with Gasteiger partial charge in [0.05, 0.1) is 13.7 Å². The summed E-state index contributed by atoms with van der Waals surface area (Å²) in [5.41, 5.74) is -0.105. The van der Waals surface area contributed by atoms with Gasteiger partial charge in [0, 0.05) is 12.4 Å². The van der Waals surface area contributed by atoms with Crippen molar-refractivity contribution in [3.8, 4) is 5.75 Å². The van der Waals surface area contributed by atoms with Crippen LogP contribution in [0.15, 0.2) is 30.6 Å². The number of rotatable bonds is 4. The lowest BCUT2D eigenvalue weighted by Gasteiger charge is -2.09. The van der Waals surface area contributed by atoms with Crippen LogP contribution in [0.5, 0.6) is 5.75 Å². The Morgan fingerprint density at radius 3 is 3.06 bits per heavy atom. The number of amides is 1. The van der Waals surface area contributed by atoms with Crippen molar-refractivity contribution in [2.45, 2.75) is 6.54 Å². The molecule has 2 aromatic rings. The fourth-order valence-electron chi connectivity index (χ4n) is 1.54. The van der Waals surface area contributed by atoms with Crippen LogP contribution in [0, 0.1) is 5.82 Å². The summed E-state index contributed by atoms with van der Waals surface area (Å²) in [6.45, 7) is 0.198. The molecule has 0 bridgehead atoms. The zero-order valence-corrected chi connectivity index (χ0v) is 9.74. The minimum atomic E-state index is -0.619. The molecule has 1 aromatic carbocycles. The topological polar surface area (TPSA) is 67.0 Å². The summed E-state index contributed by atoms with van der Waals surface area (Å²) in [6, 6.07) is 4.23. The molecule has 0 aliphatic heterocycles. The van der Waals surface area contributed by atoms with Gasteiger partial charge in [-0.15, -0.1) is 0 Å². The predicted molar refractivity (Wildman–Crippen MR) is 62.7 cm³/mol. The molecule has 1 amide bonds. The molecule has 0 saturated carbocycles. The Labute approximate surface area is 103 Å². The molecule has 0 atom stereocenters. The first-order chi connectivity index (χ1) is 8.72. The van der Waals surface area contributed by atoms with E-state index in [4.69, 9.17) is 4.74 Å². The SMILES string of the molecule is COc1cccc(F)c1C(=O)NCc1ncc[nH]1. The fourth-order valence-corrected chi connectivity index (χ4v) is 1.54. The molecule has 2 rings (SSSR count). The number of aromatic amines is 1. The Hall–Kier alpha value is -2.37. The third-order valence-electron chi connectivity index (χ3n) is 2.39. The number of H-pyrrole nitrogens is 1. The molecule has 1 aromatic heterocycles. The largest absolute Gasteiger partial charge is 0.496 e. The number of carbonyl (C=O) groups is 1. The summed E-state index contributed by atoms with van der Waals surface area (Å²) in [5.74, 6) is -0.363. The van der Waals surface area contributed by atoms with Gasteiger partial charge in [-0.25, -0.2) is 9.37 Å². The number of ether oxygens (including phenoxy) is 1. The first kappa shape index (κ1) is 12.1. The van der Waals surface area contributed by atoms with Gasteiger partial charge in [-0.05, 0) is 12.1 Å². The minimum Gasteiger partial charge on any atom is -0.496 e. The molecule has 18 heavy (non-hydrogen) atoms. The van der Waals surface area contributed by atoms with Crippen LogP contribution in [0.25, 0.3) is 0 Å². The Morgan fingerprint density at radius 2 is 2.39 bits per heavy atom. The standard InChI is InChI=1S/C12H12FN3O2/c1-18-9-4-2-3-8(13)11(9)12(17)16-7-10-14-5-6-15-10/h2-6H,7H2,1H3,(H,14,15)(H,16,17). The average Bonchev–Trinajstić information content (AvgIpc) is 2.88. The van der Waals surface area contributed by atoms with E-state index in [9.17, 15) is 9.18 Å². The molecule has 94 valence electrons. The van der Waals surface area contributed by atoms with Gasteiger partial charge in [-0.3, -0.25) is 4.79 Å². The first-order valence-corrected chi connectivity index (χ1v) is 5.31. The lowest BCUT2D eigenvalue weighted by atomic mass is 10.1. The lowest BCUT2D eigenvalue weighted by molar-refractivity contribution is 0.0942. The summed E-state index contributed by atoms with van der Waals surface area (Å²) >= 11 is 0. The summed E-state index contributed by atoms with van der Waals surface area (Å²) in [4.78, 5) is 18.7. The van der Waals surface area contributed by atoms with E-state index in [1.807, 2.05) is 0 Å². The maximum atomic E-state index is 13.6.